The summed E-state index contributed by atoms with van der Waals surface area (Å²) in [5.74, 6) is -0.272. The van der Waals surface area contributed by atoms with Gasteiger partial charge in [-0.15, -0.1) is 11.3 Å². The second kappa shape index (κ2) is 9.71. The lowest BCUT2D eigenvalue weighted by atomic mass is 9.87. The molecule has 160 valence electrons. The molecule has 0 fully saturated rings. The Labute approximate surface area is 187 Å². The second-order valence-electron chi connectivity index (χ2n) is 8.34. The molecule has 0 saturated carbocycles. The highest BCUT2D eigenvalue weighted by Crippen LogP contribution is 2.25. The molecule has 0 spiro atoms. The number of carbonyl (C=O) groups excluding carboxylic acids is 2. The first-order chi connectivity index (χ1) is 14.7. The standard InChI is InChI=1S/C25H27N3O2S/c1-17(29)26-15-19-5-10-20(11-6-19)22-16-31-24(27-22)28-23(30)14-9-18-7-12-21(13-8-18)25(2,3)4/h5-14,16H,15H2,1-4H3,(H,26,29)(H,27,28,30)/b14-9+. The number of rotatable bonds is 6. The van der Waals surface area contributed by atoms with Crippen LogP contribution in [0.25, 0.3) is 17.3 Å². The van der Waals surface area contributed by atoms with Crippen LogP contribution in [0.3, 0.4) is 0 Å². The van der Waals surface area contributed by atoms with Crippen molar-refractivity contribution in [3.63, 3.8) is 0 Å². The molecule has 3 aromatic rings. The van der Waals surface area contributed by atoms with Crippen molar-refractivity contribution in [2.45, 2.75) is 39.7 Å². The molecule has 5 nitrogen and oxygen atoms in total. The van der Waals surface area contributed by atoms with Crippen molar-refractivity contribution < 1.29 is 9.59 Å². The summed E-state index contributed by atoms with van der Waals surface area (Å²) in [6.07, 6.45) is 3.31. The monoisotopic (exact) mass is 433 g/mol. The van der Waals surface area contributed by atoms with Gasteiger partial charge in [0.15, 0.2) is 5.13 Å². The SMILES string of the molecule is CC(=O)NCc1ccc(-c2csc(NC(=O)/C=C/c3ccc(C(C)(C)C)cc3)n2)cc1. The highest BCUT2D eigenvalue weighted by molar-refractivity contribution is 7.14. The van der Waals surface area contributed by atoms with Crippen LogP contribution in [0.15, 0.2) is 60.0 Å². The molecule has 31 heavy (non-hydrogen) atoms. The van der Waals surface area contributed by atoms with Crippen molar-refractivity contribution in [3.8, 4) is 11.3 Å². The van der Waals surface area contributed by atoms with E-state index in [4.69, 9.17) is 0 Å². The number of aromatic nitrogens is 1. The van der Waals surface area contributed by atoms with Gasteiger partial charge in [-0.1, -0.05) is 69.3 Å². The Bertz CT molecular complexity index is 1080. The number of anilines is 1. The summed E-state index contributed by atoms with van der Waals surface area (Å²) in [7, 11) is 0. The Hall–Kier alpha value is -3.25. The van der Waals surface area contributed by atoms with Crippen LogP contribution in [0, 0.1) is 0 Å². The number of thiazole rings is 1. The Balaban J connectivity index is 1.58. The van der Waals surface area contributed by atoms with E-state index in [-0.39, 0.29) is 17.2 Å². The first-order valence-corrected chi connectivity index (χ1v) is 11.0. The molecule has 0 unspecified atom stereocenters. The molecule has 0 radical (unpaired) electrons. The molecule has 2 N–H and O–H groups in total. The van der Waals surface area contributed by atoms with Gasteiger partial charge in [0, 0.05) is 30.5 Å². The van der Waals surface area contributed by atoms with Crippen LogP contribution in [-0.4, -0.2) is 16.8 Å². The number of hydrogen-bond donors (Lipinski definition) is 2. The number of hydrogen-bond acceptors (Lipinski definition) is 4. The molecule has 3 rings (SSSR count). The van der Waals surface area contributed by atoms with E-state index in [2.05, 4.69) is 48.5 Å². The second-order valence-corrected chi connectivity index (χ2v) is 9.20. The average molecular weight is 434 g/mol. The molecule has 2 aromatic carbocycles. The zero-order valence-corrected chi connectivity index (χ0v) is 19.0. The third-order valence-electron chi connectivity index (χ3n) is 4.73. The Kier molecular flexibility index (Phi) is 7.02. The van der Waals surface area contributed by atoms with E-state index in [0.717, 1.165) is 22.4 Å². The largest absolute Gasteiger partial charge is 0.352 e. The Morgan fingerprint density at radius 1 is 1.03 bits per heavy atom. The molecule has 0 atom stereocenters. The first kappa shape index (κ1) is 22.4. The fraction of sp³-hybridized carbons (Fsp3) is 0.240. The molecular formula is C25H27N3O2S. The number of amides is 2. The molecular weight excluding hydrogens is 406 g/mol. The van der Waals surface area contributed by atoms with Crippen LogP contribution in [0.1, 0.15) is 44.4 Å². The molecule has 6 heteroatoms. The van der Waals surface area contributed by atoms with Gasteiger partial charge in [-0.25, -0.2) is 4.98 Å². The molecule has 0 aliphatic carbocycles. The van der Waals surface area contributed by atoms with Crippen molar-refractivity contribution in [2.24, 2.45) is 0 Å². The summed E-state index contributed by atoms with van der Waals surface area (Å²) >= 11 is 1.38. The minimum atomic E-state index is -0.216. The summed E-state index contributed by atoms with van der Waals surface area (Å²) in [5.41, 5.74) is 5.11. The molecule has 0 aliphatic rings. The normalized spacial score (nSPS) is 11.5. The summed E-state index contributed by atoms with van der Waals surface area (Å²) in [4.78, 5) is 27.8. The molecule has 0 aliphatic heterocycles. The van der Waals surface area contributed by atoms with Crippen LogP contribution in [-0.2, 0) is 21.5 Å². The van der Waals surface area contributed by atoms with E-state index >= 15 is 0 Å². The summed E-state index contributed by atoms with van der Waals surface area (Å²) < 4.78 is 0. The van der Waals surface area contributed by atoms with Gasteiger partial charge in [0.05, 0.1) is 5.69 Å². The van der Waals surface area contributed by atoms with E-state index in [9.17, 15) is 9.59 Å². The summed E-state index contributed by atoms with van der Waals surface area (Å²) in [5, 5.41) is 8.05. The van der Waals surface area contributed by atoms with Crippen LogP contribution < -0.4 is 10.6 Å². The van der Waals surface area contributed by atoms with E-state index in [0.29, 0.717) is 11.7 Å². The van der Waals surface area contributed by atoms with Crippen molar-refractivity contribution in [3.05, 3.63) is 76.7 Å². The Morgan fingerprint density at radius 3 is 2.32 bits per heavy atom. The predicted octanol–water partition coefficient (Wildman–Crippen LogP) is 5.40. The number of benzene rings is 2. The maximum atomic E-state index is 12.3. The summed E-state index contributed by atoms with van der Waals surface area (Å²) in [6, 6.07) is 16.0. The third-order valence-corrected chi connectivity index (χ3v) is 5.49. The van der Waals surface area contributed by atoms with Gasteiger partial charge >= 0.3 is 0 Å². The minimum Gasteiger partial charge on any atom is -0.352 e. The Morgan fingerprint density at radius 2 is 1.71 bits per heavy atom. The number of nitrogens with one attached hydrogen (secondary N) is 2. The minimum absolute atomic E-state index is 0.0556. The molecule has 2 amide bonds. The van der Waals surface area contributed by atoms with E-state index in [1.54, 1.807) is 6.08 Å². The van der Waals surface area contributed by atoms with Gasteiger partial charge in [-0.3, -0.25) is 14.9 Å². The highest BCUT2D eigenvalue weighted by atomic mass is 32.1. The van der Waals surface area contributed by atoms with Crippen LogP contribution in [0.2, 0.25) is 0 Å². The molecule has 1 aromatic heterocycles. The predicted molar refractivity (Wildman–Crippen MR) is 128 cm³/mol. The zero-order chi connectivity index (χ0) is 22.4. The molecule has 0 bridgehead atoms. The van der Waals surface area contributed by atoms with Gasteiger partial charge in [-0.05, 0) is 28.2 Å². The topological polar surface area (TPSA) is 71.1 Å². The van der Waals surface area contributed by atoms with Crippen LogP contribution in [0.4, 0.5) is 5.13 Å². The maximum Gasteiger partial charge on any atom is 0.250 e. The van der Waals surface area contributed by atoms with Gasteiger partial charge < -0.3 is 5.32 Å². The highest BCUT2D eigenvalue weighted by Gasteiger charge is 2.12. The van der Waals surface area contributed by atoms with Gasteiger partial charge in [0.25, 0.3) is 0 Å². The molecule has 1 heterocycles. The van der Waals surface area contributed by atoms with E-state index in [1.807, 2.05) is 41.8 Å². The van der Waals surface area contributed by atoms with Crippen molar-refractivity contribution >= 4 is 34.4 Å². The zero-order valence-electron chi connectivity index (χ0n) is 18.2. The first-order valence-electron chi connectivity index (χ1n) is 10.1. The number of carbonyl (C=O) groups is 2. The maximum absolute atomic E-state index is 12.3. The lowest BCUT2D eigenvalue weighted by Crippen LogP contribution is -2.18. The van der Waals surface area contributed by atoms with E-state index < -0.39 is 0 Å². The fourth-order valence-electron chi connectivity index (χ4n) is 2.90. The molecule has 0 saturated heterocycles. The van der Waals surface area contributed by atoms with Crippen molar-refractivity contribution in [2.75, 3.05) is 5.32 Å². The third kappa shape index (κ3) is 6.62. The van der Waals surface area contributed by atoms with Gasteiger partial charge in [0.1, 0.15) is 0 Å². The van der Waals surface area contributed by atoms with Gasteiger partial charge in [-0.2, -0.15) is 0 Å². The smallest absolute Gasteiger partial charge is 0.250 e. The lowest BCUT2D eigenvalue weighted by molar-refractivity contribution is -0.119. The van der Waals surface area contributed by atoms with Gasteiger partial charge in [0.2, 0.25) is 11.8 Å². The van der Waals surface area contributed by atoms with Crippen LogP contribution >= 0.6 is 11.3 Å². The quantitative estimate of drug-likeness (QED) is 0.512. The average Bonchev–Trinajstić information content (AvgIpc) is 3.19. The van der Waals surface area contributed by atoms with Crippen molar-refractivity contribution in [1.29, 1.82) is 0 Å². The number of nitrogens with zero attached hydrogens (tertiary/aromatic N) is 1. The fourth-order valence-corrected chi connectivity index (χ4v) is 3.62. The summed E-state index contributed by atoms with van der Waals surface area (Å²) in [6.45, 7) is 8.52. The van der Waals surface area contributed by atoms with E-state index in [1.165, 1.54) is 29.9 Å². The van der Waals surface area contributed by atoms with Crippen molar-refractivity contribution in [1.82, 2.24) is 10.3 Å². The van der Waals surface area contributed by atoms with Crippen LogP contribution in [0.5, 0.6) is 0 Å². The lowest BCUT2D eigenvalue weighted by Gasteiger charge is -2.18.